The minimum Gasteiger partial charge on any atom is -0.301 e. The van der Waals surface area contributed by atoms with Gasteiger partial charge in [0.25, 0.3) is 0 Å². The van der Waals surface area contributed by atoms with Crippen LogP contribution in [0.1, 0.15) is 20.3 Å². The molecule has 0 bridgehead atoms. The third kappa shape index (κ3) is 4.32. The molecule has 5 nitrogen and oxygen atoms in total. The Morgan fingerprint density at radius 1 is 1.04 bits per heavy atom. The Bertz CT molecular complexity index is 683. The standard InChI is InChI=1S/C18H27N5S/c1-16(2)8-9-20-10-12-21(13-11-20)15-23-18(24)22(14-19-23)17-6-4-3-5-7-17/h3-7,14,16H,8-13,15H2,1-2H3. The molecular weight excluding hydrogens is 318 g/mol. The van der Waals surface area contributed by atoms with Crippen molar-refractivity contribution in [2.24, 2.45) is 5.92 Å². The summed E-state index contributed by atoms with van der Waals surface area (Å²) in [7, 11) is 0. The monoisotopic (exact) mass is 345 g/mol. The lowest BCUT2D eigenvalue weighted by Crippen LogP contribution is -2.47. The fourth-order valence-electron chi connectivity index (χ4n) is 2.98. The van der Waals surface area contributed by atoms with Crippen LogP contribution in [0.2, 0.25) is 0 Å². The van der Waals surface area contributed by atoms with Crippen molar-refractivity contribution in [1.82, 2.24) is 24.1 Å². The Hall–Kier alpha value is -1.50. The normalized spacial score (nSPS) is 16.8. The zero-order valence-corrected chi connectivity index (χ0v) is 15.5. The highest BCUT2D eigenvalue weighted by Gasteiger charge is 2.17. The average molecular weight is 346 g/mol. The topological polar surface area (TPSA) is 29.2 Å². The molecule has 0 atom stereocenters. The van der Waals surface area contributed by atoms with E-state index in [4.69, 9.17) is 12.2 Å². The zero-order valence-electron chi connectivity index (χ0n) is 14.6. The van der Waals surface area contributed by atoms with Crippen LogP contribution < -0.4 is 0 Å². The van der Waals surface area contributed by atoms with E-state index in [1.54, 1.807) is 0 Å². The quantitative estimate of drug-likeness (QED) is 0.753. The maximum Gasteiger partial charge on any atom is 0.203 e. The van der Waals surface area contributed by atoms with Gasteiger partial charge >= 0.3 is 0 Å². The molecule has 130 valence electrons. The summed E-state index contributed by atoms with van der Waals surface area (Å²) < 4.78 is 4.64. The molecule has 0 radical (unpaired) electrons. The van der Waals surface area contributed by atoms with Crippen molar-refractivity contribution in [3.8, 4) is 5.69 Å². The maximum absolute atomic E-state index is 5.60. The molecule has 1 aliphatic heterocycles. The van der Waals surface area contributed by atoms with Crippen LogP contribution in [-0.2, 0) is 6.67 Å². The summed E-state index contributed by atoms with van der Waals surface area (Å²) in [5.74, 6) is 0.781. The highest BCUT2D eigenvalue weighted by atomic mass is 32.1. The van der Waals surface area contributed by atoms with Crippen molar-refractivity contribution < 1.29 is 0 Å². The van der Waals surface area contributed by atoms with Crippen LogP contribution >= 0.6 is 12.2 Å². The predicted octanol–water partition coefficient (Wildman–Crippen LogP) is 3.02. The molecule has 0 spiro atoms. The van der Waals surface area contributed by atoms with Gasteiger partial charge in [-0.3, -0.25) is 9.47 Å². The summed E-state index contributed by atoms with van der Waals surface area (Å²) in [4.78, 5) is 5.00. The lowest BCUT2D eigenvalue weighted by molar-refractivity contribution is 0.0994. The van der Waals surface area contributed by atoms with Gasteiger partial charge in [-0.1, -0.05) is 32.0 Å². The SMILES string of the molecule is CC(C)CCN1CCN(Cn2ncn(-c3ccccc3)c2=S)CC1. The van der Waals surface area contributed by atoms with Gasteiger partial charge in [0.1, 0.15) is 6.33 Å². The second kappa shape index (κ2) is 8.05. The molecule has 1 aromatic heterocycles. The lowest BCUT2D eigenvalue weighted by atomic mass is 10.1. The van der Waals surface area contributed by atoms with Gasteiger partial charge in [0.15, 0.2) is 0 Å². The van der Waals surface area contributed by atoms with Crippen molar-refractivity contribution in [3.63, 3.8) is 0 Å². The van der Waals surface area contributed by atoms with Gasteiger partial charge < -0.3 is 4.90 Å². The summed E-state index contributed by atoms with van der Waals surface area (Å²) in [6.07, 6.45) is 3.10. The molecule has 0 unspecified atom stereocenters. The van der Waals surface area contributed by atoms with E-state index in [0.717, 1.165) is 49.2 Å². The molecule has 2 aromatic rings. The summed E-state index contributed by atoms with van der Waals surface area (Å²) in [5, 5.41) is 4.48. The molecule has 0 amide bonds. The first kappa shape index (κ1) is 17.3. The largest absolute Gasteiger partial charge is 0.301 e. The van der Waals surface area contributed by atoms with Crippen molar-refractivity contribution in [2.75, 3.05) is 32.7 Å². The minimum atomic E-state index is 0.753. The van der Waals surface area contributed by atoms with Gasteiger partial charge in [-0.15, -0.1) is 0 Å². The molecule has 1 aromatic carbocycles. The van der Waals surface area contributed by atoms with E-state index in [0.29, 0.717) is 0 Å². The van der Waals surface area contributed by atoms with Crippen molar-refractivity contribution in [2.45, 2.75) is 26.9 Å². The Labute approximate surface area is 149 Å². The first-order valence-electron chi connectivity index (χ1n) is 8.78. The molecule has 0 N–H and O–H groups in total. The highest BCUT2D eigenvalue weighted by Crippen LogP contribution is 2.10. The molecule has 24 heavy (non-hydrogen) atoms. The molecule has 6 heteroatoms. The summed E-state index contributed by atoms with van der Waals surface area (Å²) in [6.45, 7) is 11.0. The number of benzene rings is 1. The van der Waals surface area contributed by atoms with Crippen LogP contribution in [0.25, 0.3) is 5.69 Å². The number of nitrogens with zero attached hydrogens (tertiary/aromatic N) is 5. The Morgan fingerprint density at radius 2 is 1.71 bits per heavy atom. The van der Waals surface area contributed by atoms with Crippen LogP contribution in [0, 0.1) is 10.7 Å². The highest BCUT2D eigenvalue weighted by molar-refractivity contribution is 7.71. The Morgan fingerprint density at radius 3 is 2.38 bits per heavy atom. The van der Waals surface area contributed by atoms with Crippen LogP contribution in [0.15, 0.2) is 36.7 Å². The van der Waals surface area contributed by atoms with Gasteiger partial charge in [0.2, 0.25) is 4.77 Å². The molecule has 1 fully saturated rings. The van der Waals surface area contributed by atoms with E-state index in [2.05, 4.69) is 40.9 Å². The average Bonchev–Trinajstić information content (AvgIpc) is 2.96. The first-order chi connectivity index (χ1) is 11.6. The summed E-state index contributed by atoms with van der Waals surface area (Å²) >= 11 is 5.60. The predicted molar refractivity (Wildman–Crippen MR) is 99.9 cm³/mol. The van der Waals surface area contributed by atoms with Crippen LogP contribution in [0.4, 0.5) is 0 Å². The molecular formula is C18H27N5S. The number of piperazine rings is 1. The van der Waals surface area contributed by atoms with Crippen LogP contribution in [0.5, 0.6) is 0 Å². The molecule has 2 heterocycles. The number of rotatable bonds is 6. The zero-order chi connectivity index (χ0) is 16.9. The molecule has 1 saturated heterocycles. The van der Waals surface area contributed by atoms with E-state index >= 15 is 0 Å². The number of aromatic nitrogens is 3. The molecule has 0 saturated carbocycles. The second-order valence-electron chi connectivity index (χ2n) is 6.90. The van der Waals surface area contributed by atoms with E-state index in [1.165, 1.54) is 13.0 Å². The maximum atomic E-state index is 5.60. The van der Waals surface area contributed by atoms with Gasteiger partial charge in [-0.25, -0.2) is 4.68 Å². The number of hydrogen-bond donors (Lipinski definition) is 0. The Kier molecular flexibility index (Phi) is 5.81. The summed E-state index contributed by atoms with van der Waals surface area (Å²) in [6, 6.07) is 10.1. The van der Waals surface area contributed by atoms with Crippen molar-refractivity contribution in [1.29, 1.82) is 0 Å². The van der Waals surface area contributed by atoms with E-state index < -0.39 is 0 Å². The summed E-state index contributed by atoms with van der Waals surface area (Å²) in [5.41, 5.74) is 1.06. The fourth-order valence-corrected chi connectivity index (χ4v) is 3.24. The van der Waals surface area contributed by atoms with Crippen molar-refractivity contribution in [3.05, 3.63) is 41.4 Å². The minimum absolute atomic E-state index is 0.753. The van der Waals surface area contributed by atoms with Gasteiger partial charge in [0.05, 0.1) is 6.67 Å². The van der Waals surface area contributed by atoms with E-state index in [1.807, 2.05) is 33.8 Å². The van der Waals surface area contributed by atoms with Crippen LogP contribution in [0.3, 0.4) is 0 Å². The van der Waals surface area contributed by atoms with Gasteiger partial charge in [0, 0.05) is 31.9 Å². The first-order valence-corrected chi connectivity index (χ1v) is 9.19. The van der Waals surface area contributed by atoms with Crippen LogP contribution in [-0.4, -0.2) is 56.9 Å². The van der Waals surface area contributed by atoms with Crippen molar-refractivity contribution >= 4 is 12.2 Å². The fraction of sp³-hybridized carbons (Fsp3) is 0.556. The number of para-hydroxylation sites is 1. The van der Waals surface area contributed by atoms with Gasteiger partial charge in [-0.05, 0) is 43.2 Å². The molecule has 1 aliphatic rings. The van der Waals surface area contributed by atoms with E-state index in [-0.39, 0.29) is 0 Å². The lowest BCUT2D eigenvalue weighted by Gasteiger charge is -2.34. The molecule has 3 rings (SSSR count). The smallest absolute Gasteiger partial charge is 0.203 e. The third-order valence-electron chi connectivity index (χ3n) is 4.59. The number of hydrogen-bond acceptors (Lipinski definition) is 4. The third-order valence-corrected chi connectivity index (χ3v) is 5.00. The van der Waals surface area contributed by atoms with E-state index in [9.17, 15) is 0 Å². The Balaban J connectivity index is 1.56. The second-order valence-corrected chi connectivity index (χ2v) is 7.27. The van der Waals surface area contributed by atoms with Gasteiger partial charge in [-0.2, -0.15) is 5.10 Å². The molecule has 0 aliphatic carbocycles.